The lowest BCUT2D eigenvalue weighted by atomic mass is 9.93. The molecule has 1 atom stereocenters. The van der Waals surface area contributed by atoms with Crippen LogP contribution < -0.4 is 0 Å². The number of rotatable bonds is 4. The Labute approximate surface area is 116 Å². The van der Waals surface area contributed by atoms with Gasteiger partial charge in [-0.15, -0.1) is 0 Å². The van der Waals surface area contributed by atoms with Gasteiger partial charge in [-0.25, -0.2) is 0 Å². The Morgan fingerprint density at radius 1 is 1.11 bits per heavy atom. The van der Waals surface area contributed by atoms with Crippen LogP contribution in [0.2, 0.25) is 0 Å². The van der Waals surface area contributed by atoms with Gasteiger partial charge >= 0.3 is 0 Å². The molecule has 19 heavy (non-hydrogen) atoms. The molecule has 3 aliphatic heterocycles. The SMILES string of the molecule is CC(O)(Cc1ccccc1)C[N+]12CCN(CC1)CC2. The lowest BCUT2D eigenvalue weighted by molar-refractivity contribution is -0.946. The van der Waals surface area contributed by atoms with Crippen LogP contribution in [-0.4, -0.2) is 65.9 Å². The van der Waals surface area contributed by atoms with Crippen molar-refractivity contribution in [1.82, 2.24) is 4.90 Å². The predicted molar refractivity (Wildman–Crippen MR) is 76.9 cm³/mol. The Morgan fingerprint density at radius 2 is 1.68 bits per heavy atom. The Kier molecular flexibility index (Phi) is 3.37. The minimum Gasteiger partial charge on any atom is -0.384 e. The molecule has 3 heterocycles. The molecule has 1 unspecified atom stereocenters. The molecule has 3 heteroatoms. The molecule has 3 fully saturated rings. The van der Waals surface area contributed by atoms with Gasteiger partial charge in [0.25, 0.3) is 0 Å². The van der Waals surface area contributed by atoms with Crippen molar-refractivity contribution in [3.05, 3.63) is 35.9 Å². The molecule has 1 aromatic carbocycles. The molecule has 1 N–H and O–H groups in total. The molecule has 3 aliphatic rings. The van der Waals surface area contributed by atoms with E-state index in [1.165, 1.54) is 44.8 Å². The highest BCUT2D eigenvalue weighted by molar-refractivity contribution is 5.16. The van der Waals surface area contributed by atoms with Gasteiger partial charge in [0.05, 0.1) is 19.6 Å². The molecule has 0 aliphatic carbocycles. The number of benzene rings is 1. The number of hydrogen-bond donors (Lipinski definition) is 1. The average Bonchev–Trinajstić information content (AvgIpc) is 2.40. The topological polar surface area (TPSA) is 23.5 Å². The number of nitrogens with zero attached hydrogens (tertiary/aromatic N) is 2. The Hall–Kier alpha value is -0.900. The summed E-state index contributed by atoms with van der Waals surface area (Å²) in [5.41, 5.74) is 0.641. The minimum absolute atomic E-state index is 0.596. The van der Waals surface area contributed by atoms with E-state index in [1.807, 2.05) is 13.0 Å². The van der Waals surface area contributed by atoms with Gasteiger partial charge in [-0.3, -0.25) is 4.90 Å². The first-order valence-electron chi connectivity index (χ1n) is 7.41. The van der Waals surface area contributed by atoms with Gasteiger partial charge in [0, 0.05) is 26.1 Å². The fourth-order valence-corrected chi connectivity index (χ4v) is 3.78. The van der Waals surface area contributed by atoms with Gasteiger partial charge < -0.3 is 9.59 Å². The van der Waals surface area contributed by atoms with Crippen LogP contribution in [0.3, 0.4) is 0 Å². The van der Waals surface area contributed by atoms with E-state index in [4.69, 9.17) is 0 Å². The molecule has 3 nitrogen and oxygen atoms in total. The van der Waals surface area contributed by atoms with E-state index in [0.29, 0.717) is 0 Å². The van der Waals surface area contributed by atoms with Crippen LogP contribution in [0.25, 0.3) is 0 Å². The lowest BCUT2D eigenvalue weighted by Gasteiger charge is -2.52. The standard InChI is InChI=1S/C16H25N2O/c1-16(19,13-15-5-3-2-4-6-15)14-18-10-7-17(8-11-18)9-12-18/h2-6,19H,7-14H2,1H3/q+1. The second-order valence-electron chi connectivity index (χ2n) is 6.67. The first-order valence-corrected chi connectivity index (χ1v) is 7.41. The zero-order valence-corrected chi connectivity index (χ0v) is 11.9. The summed E-state index contributed by atoms with van der Waals surface area (Å²) in [7, 11) is 0. The minimum atomic E-state index is -0.596. The smallest absolute Gasteiger partial charge is 0.115 e. The molecule has 2 bridgehead atoms. The van der Waals surface area contributed by atoms with Crippen molar-refractivity contribution >= 4 is 0 Å². The number of piperazine rings is 3. The van der Waals surface area contributed by atoms with Crippen molar-refractivity contribution in [3.63, 3.8) is 0 Å². The number of fused-ring (bicyclic) bond motifs is 3. The predicted octanol–water partition coefficient (Wildman–Crippen LogP) is 1.13. The first kappa shape index (κ1) is 13.1. The highest BCUT2D eigenvalue weighted by Gasteiger charge is 2.42. The van der Waals surface area contributed by atoms with Crippen LogP contribution >= 0.6 is 0 Å². The first-order chi connectivity index (χ1) is 9.07. The average molecular weight is 261 g/mol. The molecular formula is C16H25N2O+. The fourth-order valence-electron chi connectivity index (χ4n) is 3.78. The molecule has 0 saturated carbocycles. The van der Waals surface area contributed by atoms with Gasteiger partial charge in [0.1, 0.15) is 12.1 Å². The molecule has 3 saturated heterocycles. The molecule has 0 radical (unpaired) electrons. The van der Waals surface area contributed by atoms with E-state index in [-0.39, 0.29) is 0 Å². The molecule has 0 amide bonds. The maximum Gasteiger partial charge on any atom is 0.115 e. The van der Waals surface area contributed by atoms with Gasteiger partial charge in [0.15, 0.2) is 0 Å². The molecule has 1 aromatic rings. The van der Waals surface area contributed by atoms with Crippen molar-refractivity contribution in [1.29, 1.82) is 0 Å². The van der Waals surface area contributed by atoms with Gasteiger partial charge in [-0.1, -0.05) is 30.3 Å². The molecule has 0 aromatic heterocycles. The summed E-state index contributed by atoms with van der Waals surface area (Å²) in [6.07, 6.45) is 0.761. The Morgan fingerprint density at radius 3 is 2.26 bits per heavy atom. The maximum absolute atomic E-state index is 10.8. The summed E-state index contributed by atoms with van der Waals surface area (Å²) in [5.74, 6) is 0. The van der Waals surface area contributed by atoms with Crippen LogP contribution in [-0.2, 0) is 6.42 Å². The molecule has 4 rings (SSSR count). The zero-order valence-electron chi connectivity index (χ0n) is 11.9. The van der Waals surface area contributed by atoms with E-state index in [9.17, 15) is 5.11 Å². The molecular weight excluding hydrogens is 236 g/mol. The monoisotopic (exact) mass is 261 g/mol. The number of aliphatic hydroxyl groups is 1. The van der Waals surface area contributed by atoms with Crippen molar-refractivity contribution in [2.24, 2.45) is 0 Å². The normalized spacial score (nSPS) is 33.1. The van der Waals surface area contributed by atoms with Crippen LogP contribution in [0.15, 0.2) is 30.3 Å². The quantitative estimate of drug-likeness (QED) is 0.821. The van der Waals surface area contributed by atoms with Crippen LogP contribution in [0.4, 0.5) is 0 Å². The lowest BCUT2D eigenvalue weighted by Crippen LogP contribution is -2.70. The summed E-state index contributed by atoms with van der Waals surface area (Å²) >= 11 is 0. The van der Waals surface area contributed by atoms with E-state index < -0.39 is 5.60 Å². The number of quaternary nitrogens is 1. The Balaban J connectivity index is 1.67. The van der Waals surface area contributed by atoms with E-state index in [0.717, 1.165) is 17.4 Å². The maximum atomic E-state index is 10.8. The van der Waals surface area contributed by atoms with Crippen LogP contribution in [0, 0.1) is 0 Å². The fraction of sp³-hybridized carbons (Fsp3) is 0.625. The Bertz CT molecular complexity index is 408. The van der Waals surface area contributed by atoms with Crippen LogP contribution in [0.5, 0.6) is 0 Å². The summed E-state index contributed by atoms with van der Waals surface area (Å²) in [4.78, 5) is 2.55. The van der Waals surface area contributed by atoms with Gasteiger partial charge in [-0.2, -0.15) is 0 Å². The summed E-state index contributed by atoms with van der Waals surface area (Å²) in [5, 5.41) is 10.8. The van der Waals surface area contributed by atoms with Crippen molar-refractivity contribution < 1.29 is 9.59 Å². The third-order valence-corrected chi connectivity index (χ3v) is 4.78. The van der Waals surface area contributed by atoms with Gasteiger partial charge in [0.2, 0.25) is 0 Å². The largest absolute Gasteiger partial charge is 0.384 e. The van der Waals surface area contributed by atoms with E-state index in [2.05, 4.69) is 29.2 Å². The van der Waals surface area contributed by atoms with Gasteiger partial charge in [-0.05, 0) is 12.5 Å². The van der Waals surface area contributed by atoms with Crippen molar-refractivity contribution in [2.45, 2.75) is 18.9 Å². The summed E-state index contributed by atoms with van der Waals surface area (Å²) < 4.78 is 1.12. The third-order valence-electron chi connectivity index (χ3n) is 4.78. The third kappa shape index (κ3) is 2.99. The van der Waals surface area contributed by atoms with E-state index >= 15 is 0 Å². The summed E-state index contributed by atoms with van der Waals surface area (Å²) in [6.45, 7) is 10.2. The van der Waals surface area contributed by atoms with Crippen molar-refractivity contribution in [3.8, 4) is 0 Å². The second-order valence-corrected chi connectivity index (χ2v) is 6.67. The number of hydrogen-bond acceptors (Lipinski definition) is 2. The second kappa shape index (κ2) is 4.89. The zero-order chi connectivity index (χ0) is 13.3. The molecule has 0 spiro atoms. The van der Waals surface area contributed by atoms with Crippen LogP contribution in [0.1, 0.15) is 12.5 Å². The van der Waals surface area contributed by atoms with E-state index in [1.54, 1.807) is 0 Å². The van der Waals surface area contributed by atoms with Crippen molar-refractivity contribution in [2.75, 3.05) is 45.8 Å². The highest BCUT2D eigenvalue weighted by atomic mass is 16.3. The summed E-state index contributed by atoms with van der Waals surface area (Å²) in [6, 6.07) is 10.4. The molecule has 104 valence electrons. The highest BCUT2D eigenvalue weighted by Crippen LogP contribution is 2.25.